The summed E-state index contributed by atoms with van der Waals surface area (Å²) in [5, 5.41) is 0. The maximum Gasteiger partial charge on any atom is 0.261 e. The largest absolute Gasteiger partial charge is 0.495 e. The fourth-order valence-electron chi connectivity index (χ4n) is 4.57. The van der Waals surface area contributed by atoms with Crippen molar-refractivity contribution in [1.82, 2.24) is 4.90 Å². The lowest BCUT2D eigenvalue weighted by atomic mass is 9.83. The van der Waals surface area contributed by atoms with Gasteiger partial charge in [0.15, 0.2) is 11.6 Å². The zero-order valence-corrected chi connectivity index (χ0v) is 20.3. The number of nitrogens with one attached hydrogen (secondary N) is 1. The van der Waals surface area contributed by atoms with Crippen LogP contribution in [0.5, 0.6) is 5.75 Å². The SMILES string of the molecule is COc1ccc(S(=O)(=O)Nc2cccc3c2C(=O)c2ccccc2C3=O)cc1N1CCN(C)CC1. The van der Waals surface area contributed by atoms with Crippen LogP contribution in [0.3, 0.4) is 0 Å². The number of benzene rings is 3. The molecule has 2 aliphatic rings. The quantitative estimate of drug-likeness (QED) is 0.458. The molecule has 1 aliphatic heterocycles. The highest BCUT2D eigenvalue weighted by Crippen LogP contribution is 2.35. The van der Waals surface area contributed by atoms with Crippen LogP contribution in [0, 0.1) is 0 Å². The first-order valence-electron chi connectivity index (χ1n) is 11.3. The number of likely N-dealkylation sites (N-methyl/N-ethyl adjacent to an activating group) is 1. The Morgan fingerprint density at radius 2 is 1.49 bits per heavy atom. The maximum absolute atomic E-state index is 13.4. The molecule has 35 heavy (non-hydrogen) atoms. The number of ketones is 2. The van der Waals surface area contributed by atoms with Crippen molar-refractivity contribution in [2.75, 3.05) is 50.0 Å². The van der Waals surface area contributed by atoms with Gasteiger partial charge in [0.1, 0.15) is 5.75 Å². The smallest absolute Gasteiger partial charge is 0.261 e. The third-order valence-corrected chi connectivity index (χ3v) is 7.86. The molecule has 1 fully saturated rings. The molecular weight excluding hydrogens is 466 g/mol. The normalized spacial score (nSPS) is 16.0. The summed E-state index contributed by atoms with van der Waals surface area (Å²) >= 11 is 0. The molecule has 1 saturated heterocycles. The Kier molecular flexibility index (Phi) is 5.82. The van der Waals surface area contributed by atoms with Crippen LogP contribution in [0.1, 0.15) is 31.8 Å². The first kappa shape index (κ1) is 23.1. The predicted molar refractivity (Wildman–Crippen MR) is 133 cm³/mol. The third-order valence-electron chi connectivity index (χ3n) is 6.50. The average molecular weight is 492 g/mol. The number of sulfonamides is 1. The first-order chi connectivity index (χ1) is 16.8. The minimum Gasteiger partial charge on any atom is -0.495 e. The lowest BCUT2D eigenvalue weighted by Crippen LogP contribution is -2.44. The van der Waals surface area contributed by atoms with Crippen molar-refractivity contribution in [3.63, 3.8) is 0 Å². The number of nitrogens with zero attached hydrogens (tertiary/aromatic N) is 2. The second-order valence-electron chi connectivity index (χ2n) is 8.66. The molecule has 0 amide bonds. The zero-order valence-electron chi connectivity index (χ0n) is 19.4. The summed E-state index contributed by atoms with van der Waals surface area (Å²) in [4.78, 5) is 30.6. The van der Waals surface area contributed by atoms with Gasteiger partial charge in [-0.1, -0.05) is 36.4 Å². The van der Waals surface area contributed by atoms with E-state index in [2.05, 4.69) is 14.5 Å². The van der Waals surface area contributed by atoms with Crippen molar-refractivity contribution in [2.24, 2.45) is 0 Å². The molecule has 1 aliphatic carbocycles. The molecule has 0 saturated carbocycles. The van der Waals surface area contributed by atoms with E-state index >= 15 is 0 Å². The number of hydrogen-bond acceptors (Lipinski definition) is 7. The van der Waals surface area contributed by atoms with Crippen molar-refractivity contribution in [3.05, 3.63) is 82.9 Å². The van der Waals surface area contributed by atoms with Crippen LogP contribution in [0.25, 0.3) is 0 Å². The first-order valence-corrected chi connectivity index (χ1v) is 12.7. The number of hydrogen-bond donors (Lipinski definition) is 1. The van der Waals surface area contributed by atoms with Gasteiger partial charge in [0.05, 0.1) is 28.9 Å². The number of rotatable bonds is 5. The van der Waals surface area contributed by atoms with E-state index in [1.54, 1.807) is 55.6 Å². The molecule has 180 valence electrons. The van der Waals surface area contributed by atoms with Gasteiger partial charge in [-0.15, -0.1) is 0 Å². The Bertz CT molecular complexity index is 1440. The molecule has 9 heteroatoms. The summed E-state index contributed by atoms with van der Waals surface area (Å²) in [5.74, 6) is -0.109. The summed E-state index contributed by atoms with van der Waals surface area (Å²) in [5.41, 5.74) is 1.59. The van der Waals surface area contributed by atoms with Crippen LogP contribution >= 0.6 is 0 Å². The van der Waals surface area contributed by atoms with E-state index in [0.717, 1.165) is 26.2 Å². The minimum atomic E-state index is -4.07. The van der Waals surface area contributed by atoms with Gasteiger partial charge >= 0.3 is 0 Å². The molecule has 0 unspecified atom stereocenters. The highest BCUT2D eigenvalue weighted by molar-refractivity contribution is 7.92. The summed E-state index contributed by atoms with van der Waals surface area (Å²) in [7, 11) is -0.469. The van der Waals surface area contributed by atoms with Crippen molar-refractivity contribution in [2.45, 2.75) is 4.90 Å². The summed E-state index contributed by atoms with van der Waals surface area (Å²) in [6, 6.07) is 15.9. The van der Waals surface area contributed by atoms with Gasteiger partial charge in [0.2, 0.25) is 0 Å². The molecule has 0 atom stereocenters. The molecule has 3 aromatic rings. The van der Waals surface area contributed by atoms with Gasteiger partial charge in [-0.2, -0.15) is 0 Å². The fourth-order valence-corrected chi connectivity index (χ4v) is 5.66. The lowest BCUT2D eigenvalue weighted by molar-refractivity contribution is 0.0979. The average Bonchev–Trinajstić information content (AvgIpc) is 2.87. The van der Waals surface area contributed by atoms with E-state index in [-0.39, 0.29) is 38.8 Å². The molecule has 1 N–H and O–H groups in total. The fraction of sp³-hybridized carbons (Fsp3) is 0.231. The van der Waals surface area contributed by atoms with E-state index < -0.39 is 10.0 Å². The van der Waals surface area contributed by atoms with Crippen LogP contribution < -0.4 is 14.4 Å². The Hall–Kier alpha value is -3.69. The van der Waals surface area contributed by atoms with Crippen LogP contribution in [0.2, 0.25) is 0 Å². The van der Waals surface area contributed by atoms with Gasteiger partial charge < -0.3 is 14.5 Å². The molecule has 0 aromatic heterocycles. The van der Waals surface area contributed by atoms with Gasteiger partial charge in [0.25, 0.3) is 10.0 Å². The molecular formula is C26H25N3O5S. The Labute approximate surface area is 204 Å². The minimum absolute atomic E-state index is 0.0415. The number of carbonyl (C=O) groups excluding carboxylic acids is 2. The van der Waals surface area contributed by atoms with Crippen LogP contribution in [-0.2, 0) is 10.0 Å². The Balaban J connectivity index is 1.52. The van der Waals surface area contributed by atoms with Gasteiger partial charge in [-0.25, -0.2) is 8.42 Å². The predicted octanol–water partition coefficient (Wildman–Crippen LogP) is 3.02. The van der Waals surface area contributed by atoms with Crippen molar-refractivity contribution in [1.29, 1.82) is 0 Å². The van der Waals surface area contributed by atoms with Gasteiger partial charge in [-0.05, 0) is 31.3 Å². The number of anilines is 2. The van der Waals surface area contributed by atoms with E-state index in [4.69, 9.17) is 4.74 Å². The molecule has 5 rings (SSSR count). The highest BCUT2D eigenvalue weighted by atomic mass is 32.2. The molecule has 0 spiro atoms. The zero-order chi connectivity index (χ0) is 24.7. The van der Waals surface area contributed by atoms with Crippen LogP contribution in [-0.4, -0.2) is 65.2 Å². The van der Waals surface area contributed by atoms with Crippen molar-refractivity contribution in [3.8, 4) is 5.75 Å². The van der Waals surface area contributed by atoms with E-state index in [1.165, 1.54) is 12.1 Å². The van der Waals surface area contributed by atoms with E-state index in [1.807, 2.05) is 7.05 Å². The molecule has 8 nitrogen and oxygen atoms in total. The molecule has 3 aromatic carbocycles. The van der Waals surface area contributed by atoms with Gasteiger partial charge in [-0.3, -0.25) is 14.3 Å². The highest BCUT2D eigenvalue weighted by Gasteiger charge is 2.32. The number of carbonyl (C=O) groups is 2. The van der Waals surface area contributed by atoms with E-state index in [0.29, 0.717) is 17.0 Å². The van der Waals surface area contributed by atoms with Crippen molar-refractivity contribution < 1.29 is 22.7 Å². The molecule has 0 bridgehead atoms. The topological polar surface area (TPSA) is 96.0 Å². The Morgan fingerprint density at radius 3 is 2.17 bits per heavy atom. The molecule has 1 heterocycles. The third kappa shape index (κ3) is 4.06. The maximum atomic E-state index is 13.4. The van der Waals surface area contributed by atoms with Crippen LogP contribution in [0.15, 0.2) is 65.6 Å². The number of ether oxygens (including phenoxy) is 1. The molecule has 0 radical (unpaired) electrons. The number of fused-ring (bicyclic) bond motifs is 2. The number of methoxy groups -OCH3 is 1. The van der Waals surface area contributed by atoms with Gasteiger partial charge in [0, 0.05) is 42.9 Å². The van der Waals surface area contributed by atoms with Crippen molar-refractivity contribution >= 4 is 33.0 Å². The second kappa shape index (κ2) is 8.83. The lowest BCUT2D eigenvalue weighted by Gasteiger charge is -2.34. The van der Waals surface area contributed by atoms with E-state index in [9.17, 15) is 18.0 Å². The summed E-state index contributed by atoms with van der Waals surface area (Å²) in [6.45, 7) is 3.19. The van der Waals surface area contributed by atoms with Crippen LogP contribution in [0.4, 0.5) is 11.4 Å². The second-order valence-corrected chi connectivity index (χ2v) is 10.3. The summed E-state index contributed by atoms with van der Waals surface area (Å²) < 4.78 is 34.9. The Morgan fingerprint density at radius 1 is 0.829 bits per heavy atom. The monoisotopic (exact) mass is 491 g/mol. The number of piperazine rings is 1. The summed E-state index contributed by atoms with van der Waals surface area (Å²) in [6.07, 6.45) is 0. The standard InChI is InChI=1S/C26H25N3O5S/c1-28-12-14-29(15-13-28)22-16-17(10-11-23(22)34-2)35(32,33)27-21-9-5-8-20-24(21)26(31)19-7-4-3-6-18(19)25(20)30/h3-11,16,27H,12-15H2,1-2H3.